The topological polar surface area (TPSA) is 52.7 Å². The molecule has 5 nitrogen and oxygen atoms in total. The van der Waals surface area contributed by atoms with Gasteiger partial charge >= 0.3 is 6.03 Å². The van der Waals surface area contributed by atoms with E-state index in [-0.39, 0.29) is 23.6 Å². The Balaban J connectivity index is 1.52. The third-order valence-corrected chi connectivity index (χ3v) is 4.52. The molecule has 1 aliphatic heterocycles. The number of halogens is 2. The van der Waals surface area contributed by atoms with E-state index in [0.29, 0.717) is 44.7 Å². The molecule has 1 fully saturated rings. The summed E-state index contributed by atoms with van der Waals surface area (Å²) in [6, 6.07) is 11.2. The molecule has 1 aliphatic rings. The van der Waals surface area contributed by atoms with Gasteiger partial charge in [-0.2, -0.15) is 0 Å². The Kier molecular flexibility index (Phi) is 6.01. The Hall–Kier alpha value is -2.96. The zero-order valence-electron chi connectivity index (χ0n) is 14.8. The van der Waals surface area contributed by atoms with Crippen molar-refractivity contribution in [3.63, 3.8) is 0 Å². The van der Waals surface area contributed by atoms with Crippen LogP contribution in [0.15, 0.2) is 48.5 Å². The van der Waals surface area contributed by atoms with Crippen LogP contribution in [-0.4, -0.2) is 47.9 Å². The van der Waals surface area contributed by atoms with E-state index < -0.39 is 0 Å². The van der Waals surface area contributed by atoms with Gasteiger partial charge < -0.3 is 15.1 Å². The van der Waals surface area contributed by atoms with E-state index >= 15 is 0 Å². The van der Waals surface area contributed by atoms with Crippen LogP contribution in [0, 0.1) is 11.6 Å². The maximum Gasteiger partial charge on any atom is 0.317 e. The molecular weight excluding hydrogens is 352 g/mol. The highest BCUT2D eigenvalue weighted by Crippen LogP contribution is 2.11. The van der Waals surface area contributed by atoms with Gasteiger partial charge in [0, 0.05) is 38.3 Å². The van der Waals surface area contributed by atoms with Crippen LogP contribution >= 0.6 is 0 Å². The molecule has 27 heavy (non-hydrogen) atoms. The SMILES string of the molecule is O=C(NCc1ccc(F)cc1)N1CCCN(C(=O)c2ccc(F)cc2)CC1. The molecule has 1 N–H and O–H groups in total. The van der Waals surface area contributed by atoms with Crippen LogP contribution in [0.25, 0.3) is 0 Å². The number of amides is 3. The van der Waals surface area contributed by atoms with E-state index in [1.54, 1.807) is 21.9 Å². The standard InChI is InChI=1S/C20H21F2N3O2/c21-17-6-2-15(3-7-17)14-23-20(27)25-11-1-10-24(12-13-25)19(26)16-4-8-18(22)9-5-16/h2-9H,1,10-14H2,(H,23,27). The van der Waals surface area contributed by atoms with E-state index in [1.807, 2.05) is 0 Å². The third-order valence-electron chi connectivity index (χ3n) is 4.52. The van der Waals surface area contributed by atoms with Crippen LogP contribution in [0.3, 0.4) is 0 Å². The molecule has 0 radical (unpaired) electrons. The zero-order valence-corrected chi connectivity index (χ0v) is 14.8. The quantitative estimate of drug-likeness (QED) is 0.899. The largest absolute Gasteiger partial charge is 0.337 e. The molecule has 3 amide bonds. The van der Waals surface area contributed by atoms with Crippen molar-refractivity contribution < 1.29 is 18.4 Å². The molecule has 0 unspecified atom stereocenters. The average molecular weight is 373 g/mol. The molecule has 2 aromatic rings. The molecular formula is C20H21F2N3O2. The predicted octanol–water partition coefficient (Wildman–Crippen LogP) is 3.02. The maximum absolute atomic E-state index is 13.0. The minimum absolute atomic E-state index is 0.163. The Morgan fingerprint density at radius 2 is 1.37 bits per heavy atom. The third kappa shape index (κ3) is 5.03. The van der Waals surface area contributed by atoms with E-state index in [1.165, 1.54) is 36.4 Å². The van der Waals surface area contributed by atoms with Gasteiger partial charge in [-0.05, 0) is 48.4 Å². The lowest BCUT2D eigenvalue weighted by Crippen LogP contribution is -2.42. The normalized spacial score (nSPS) is 14.6. The van der Waals surface area contributed by atoms with Crippen molar-refractivity contribution in [2.75, 3.05) is 26.2 Å². The lowest BCUT2D eigenvalue weighted by Gasteiger charge is -2.22. The Labute approximate surface area is 156 Å². The number of carbonyl (C=O) groups is 2. The summed E-state index contributed by atoms with van der Waals surface area (Å²) < 4.78 is 25.9. The first-order valence-electron chi connectivity index (χ1n) is 8.85. The fourth-order valence-electron chi connectivity index (χ4n) is 2.99. The first-order valence-corrected chi connectivity index (χ1v) is 8.85. The number of hydrogen-bond acceptors (Lipinski definition) is 2. The monoisotopic (exact) mass is 373 g/mol. The summed E-state index contributed by atoms with van der Waals surface area (Å²) in [4.78, 5) is 28.3. The molecule has 3 rings (SSSR count). The Morgan fingerprint density at radius 1 is 0.815 bits per heavy atom. The summed E-state index contributed by atoms with van der Waals surface area (Å²) in [7, 11) is 0. The lowest BCUT2D eigenvalue weighted by atomic mass is 10.2. The molecule has 0 saturated carbocycles. The first kappa shape index (κ1) is 18.8. The van der Waals surface area contributed by atoms with E-state index in [9.17, 15) is 18.4 Å². The van der Waals surface area contributed by atoms with Gasteiger partial charge in [0.25, 0.3) is 5.91 Å². The second-order valence-corrected chi connectivity index (χ2v) is 6.42. The lowest BCUT2D eigenvalue weighted by molar-refractivity contribution is 0.0762. The fraction of sp³-hybridized carbons (Fsp3) is 0.300. The van der Waals surface area contributed by atoms with Crippen molar-refractivity contribution in [2.45, 2.75) is 13.0 Å². The summed E-state index contributed by atoms with van der Waals surface area (Å²) in [5.41, 5.74) is 1.25. The van der Waals surface area contributed by atoms with Crippen molar-refractivity contribution in [2.24, 2.45) is 0 Å². The Morgan fingerprint density at radius 3 is 2.04 bits per heavy atom. The van der Waals surface area contributed by atoms with E-state index in [2.05, 4.69) is 5.32 Å². The highest BCUT2D eigenvalue weighted by molar-refractivity contribution is 5.94. The fourth-order valence-corrected chi connectivity index (χ4v) is 2.99. The minimum atomic E-state index is -0.383. The zero-order chi connectivity index (χ0) is 19.2. The highest BCUT2D eigenvalue weighted by atomic mass is 19.1. The van der Waals surface area contributed by atoms with E-state index in [0.717, 1.165) is 5.56 Å². The second-order valence-electron chi connectivity index (χ2n) is 6.42. The molecule has 0 bridgehead atoms. The summed E-state index contributed by atoms with van der Waals surface area (Å²) in [5, 5.41) is 2.82. The summed E-state index contributed by atoms with van der Waals surface area (Å²) in [5.74, 6) is -0.863. The number of carbonyl (C=O) groups excluding carboxylic acids is 2. The minimum Gasteiger partial charge on any atom is -0.337 e. The van der Waals surface area contributed by atoms with Crippen LogP contribution in [0.2, 0.25) is 0 Å². The van der Waals surface area contributed by atoms with Crippen molar-refractivity contribution in [3.05, 3.63) is 71.3 Å². The van der Waals surface area contributed by atoms with Crippen LogP contribution < -0.4 is 5.32 Å². The molecule has 142 valence electrons. The molecule has 7 heteroatoms. The average Bonchev–Trinajstić information content (AvgIpc) is 2.94. The van der Waals surface area contributed by atoms with Gasteiger partial charge in [0.1, 0.15) is 11.6 Å². The predicted molar refractivity (Wildman–Crippen MR) is 97.1 cm³/mol. The van der Waals surface area contributed by atoms with Gasteiger partial charge in [-0.3, -0.25) is 4.79 Å². The van der Waals surface area contributed by atoms with Crippen molar-refractivity contribution in [1.82, 2.24) is 15.1 Å². The van der Waals surface area contributed by atoms with Gasteiger partial charge in [0.15, 0.2) is 0 Å². The number of benzene rings is 2. The van der Waals surface area contributed by atoms with Crippen molar-refractivity contribution in [3.8, 4) is 0 Å². The summed E-state index contributed by atoms with van der Waals surface area (Å²) in [6.45, 7) is 2.23. The first-order chi connectivity index (χ1) is 13.0. The molecule has 0 spiro atoms. The number of rotatable bonds is 3. The van der Waals surface area contributed by atoms with Crippen LogP contribution in [0.5, 0.6) is 0 Å². The second kappa shape index (κ2) is 8.62. The number of nitrogens with one attached hydrogen (secondary N) is 1. The Bertz CT molecular complexity index is 794. The number of nitrogens with zero attached hydrogens (tertiary/aromatic N) is 2. The van der Waals surface area contributed by atoms with Crippen molar-refractivity contribution in [1.29, 1.82) is 0 Å². The molecule has 2 aromatic carbocycles. The molecule has 0 atom stereocenters. The molecule has 0 aliphatic carbocycles. The molecule has 1 saturated heterocycles. The van der Waals surface area contributed by atoms with E-state index in [4.69, 9.17) is 0 Å². The van der Waals surface area contributed by atoms with Gasteiger partial charge in [-0.25, -0.2) is 13.6 Å². The van der Waals surface area contributed by atoms with Gasteiger partial charge in [0.2, 0.25) is 0 Å². The van der Waals surface area contributed by atoms with Gasteiger partial charge in [0.05, 0.1) is 0 Å². The molecule has 0 aromatic heterocycles. The van der Waals surface area contributed by atoms with Gasteiger partial charge in [-0.1, -0.05) is 12.1 Å². The molecule has 1 heterocycles. The number of urea groups is 1. The van der Waals surface area contributed by atoms with Crippen LogP contribution in [-0.2, 0) is 6.54 Å². The summed E-state index contributed by atoms with van der Waals surface area (Å²) in [6.07, 6.45) is 0.664. The highest BCUT2D eigenvalue weighted by Gasteiger charge is 2.22. The number of hydrogen-bond donors (Lipinski definition) is 1. The van der Waals surface area contributed by atoms with Crippen molar-refractivity contribution >= 4 is 11.9 Å². The smallest absolute Gasteiger partial charge is 0.317 e. The van der Waals surface area contributed by atoms with Crippen LogP contribution in [0.1, 0.15) is 22.3 Å². The summed E-state index contributed by atoms with van der Waals surface area (Å²) >= 11 is 0. The van der Waals surface area contributed by atoms with Gasteiger partial charge in [-0.15, -0.1) is 0 Å². The maximum atomic E-state index is 13.0. The van der Waals surface area contributed by atoms with Crippen LogP contribution in [0.4, 0.5) is 13.6 Å².